The molecule has 112 valence electrons. The van der Waals surface area contributed by atoms with Gasteiger partial charge in [0.15, 0.2) is 0 Å². The number of ether oxygens (including phenoxy) is 1. The summed E-state index contributed by atoms with van der Waals surface area (Å²) < 4.78 is 6.34. The maximum Gasteiger partial charge on any atom is 0.0830 e. The monoisotopic (exact) mass is 268 g/mol. The summed E-state index contributed by atoms with van der Waals surface area (Å²) in [5.74, 6) is 0.878. The predicted molar refractivity (Wildman–Crippen MR) is 80.2 cm³/mol. The average Bonchev–Trinajstić information content (AvgIpc) is 2.42. The van der Waals surface area contributed by atoms with Crippen molar-refractivity contribution in [1.82, 2.24) is 4.90 Å². The largest absolute Gasteiger partial charge is 0.368 e. The van der Waals surface area contributed by atoms with Crippen LogP contribution in [-0.2, 0) is 4.74 Å². The maximum atomic E-state index is 6.34. The molecular formula is C16H32N2O. The molecule has 1 heterocycles. The van der Waals surface area contributed by atoms with E-state index < -0.39 is 0 Å². The molecule has 3 nitrogen and oxygen atoms in total. The van der Waals surface area contributed by atoms with E-state index in [1.54, 1.807) is 0 Å². The lowest BCUT2D eigenvalue weighted by Crippen LogP contribution is -2.64. The molecule has 0 aromatic heterocycles. The highest BCUT2D eigenvalue weighted by molar-refractivity contribution is 5.13. The highest BCUT2D eigenvalue weighted by Crippen LogP contribution is 2.48. The second-order valence-corrected chi connectivity index (χ2v) is 7.62. The molecule has 0 spiro atoms. The summed E-state index contributed by atoms with van der Waals surface area (Å²) in [6, 6.07) is 0. The summed E-state index contributed by atoms with van der Waals surface area (Å²) in [6.45, 7) is 14.0. The van der Waals surface area contributed by atoms with Crippen LogP contribution in [0.4, 0.5) is 0 Å². The van der Waals surface area contributed by atoms with Crippen LogP contribution in [-0.4, -0.2) is 41.3 Å². The summed E-state index contributed by atoms with van der Waals surface area (Å²) in [5.41, 5.74) is 5.99. The van der Waals surface area contributed by atoms with Crippen molar-refractivity contribution in [2.24, 2.45) is 11.7 Å². The van der Waals surface area contributed by atoms with Gasteiger partial charge < -0.3 is 10.5 Å². The minimum atomic E-state index is -0.176. The van der Waals surface area contributed by atoms with Crippen LogP contribution in [0.3, 0.4) is 0 Å². The quantitative estimate of drug-likeness (QED) is 0.833. The standard InChI is InChI=1S/C16H32N2O/c1-6-18(10-13-8-7-9-13)16(12-17)11-14(2,3)19-15(16,4)5/h13H,6-12,17H2,1-5H3. The SMILES string of the molecule is CCN(CC1CCC1)C1(CN)CC(C)(C)OC1(C)C. The first-order chi connectivity index (χ1) is 8.76. The van der Waals surface area contributed by atoms with Crippen molar-refractivity contribution in [2.45, 2.75) is 77.0 Å². The fraction of sp³-hybridized carbons (Fsp3) is 1.00. The zero-order valence-corrected chi connectivity index (χ0v) is 13.5. The molecule has 0 radical (unpaired) electrons. The minimum Gasteiger partial charge on any atom is -0.368 e. The molecule has 1 atom stereocenters. The Morgan fingerprint density at radius 3 is 2.16 bits per heavy atom. The highest BCUT2D eigenvalue weighted by Gasteiger charge is 2.59. The topological polar surface area (TPSA) is 38.5 Å². The van der Waals surface area contributed by atoms with E-state index in [9.17, 15) is 0 Å². The first kappa shape index (κ1) is 15.3. The van der Waals surface area contributed by atoms with Crippen LogP contribution in [0.15, 0.2) is 0 Å². The lowest BCUT2D eigenvalue weighted by atomic mass is 9.75. The Labute approximate surface area is 118 Å². The van der Waals surface area contributed by atoms with E-state index in [4.69, 9.17) is 10.5 Å². The molecular weight excluding hydrogens is 236 g/mol. The van der Waals surface area contributed by atoms with Crippen molar-refractivity contribution in [3.8, 4) is 0 Å². The molecule has 2 aliphatic rings. The van der Waals surface area contributed by atoms with Gasteiger partial charge in [0.05, 0.1) is 16.7 Å². The Bertz CT molecular complexity index is 323. The predicted octanol–water partition coefficient (Wildman–Crippen LogP) is 2.78. The maximum absolute atomic E-state index is 6.34. The number of nitrogens with zero attached hydrogens (tertiary/aromatic N) is 1. The van der Waals surface area contributed by atoms with E-state index >= 15 is 0 Å². The molecule has 1 saturated heterocycles. The fourth-order valence-corrected chi connectivity index (χ4v) is 4.27. The van der Waals surface area contributed by atoms with Crippen molar-refractivity contribution in [3.05, 3.63) is 0 Å². The summed E-state index contributed by atoms with van der Waals surface area (Å²) in [4.78, 5) is 2.62. The first-order valence-electron chi connectivity index (χ1n) is 7.92. The lowest BCUT2D eigenvalue weighted by molar-refractivity contribution is -0.106. The van der Waals surface area contributed by atoms with Crippen molar-refractivity contribution < 1.29 is 4.74 Å². The molecule has 0 bridgehead atoms. The molecule has 19 heavy (non-hydrogen) atoms. The Balaban J connectivity index is 2.23. The summed E-state index contributed by atoms with van der Waals surface area (Å²) in [7, 11) is 0. The van der Waals surface area contributed by atoms with Gasteiger partial charge in [-0.15, -0.1) is 0 Å². The van der Waals surface area contributed by atoms with Crippen LogP contribution in [0, 0.1) is 5.92 Å². The molecule has 1 aliphatic carbocycles. The highest BCUT2D eigenvalue weighted by atomic mass is 16.5. The van der Waals surface area contributed by atoms with Gasteiger partial charge in [-0.1, -0.05) is 13.3 Å². The zero-order valence-electron chi connectivity index (χ0n) is 13.5. The summed E-state index contributed by atoms with van der Waals surface area (Å²) in [6.07, 6.45) is 5.22. The van der Waals surface area contributed by atoms with Gasteiger partial charge in [-0.25, -0.2) is 0 Å². The lowest BCUT2D eigenvalue weighted by Gasteiger charge is -2.49. The van der Waals surface area contributed by atoms with Crippen LogP contribution in [0.25, 0.3) is 0 Å². The van der Waals surface area contributed by atoms with Crippen LogP contribution >= 0.6 is 0 Å². The second-order valence-electron chi connectivity index (χ2n) is 7.62. The average molecular weight is 268 g/mol. The number of likely N-dealkylation sites (N-methyl/N-ethyl adjacent to an activating group) is 1. The minimum absolute atomic E-state index is 0.0131. The smallest absolute Gasteiger partial charge is 0.0830 e. The zero-order chi connectivity index (χ0) is 14.3. The Morgan fingerprint density at radius 2 is 1.84 bits per heavy atom. The number of nitrogens with two attached hydrogens (primary N) is 1. The molecule has 2 fully saturated rings. The molecule has 0 amide bonds. The molecule has 0 aromatic rings. The van der Waals surface area contributed by atoms with E-state index in [-0.39, 0.29) is 16.7 Å². The van der Waals surface area contributed by atoms with Crippen molar-refractivity contribution in [1.29, 1.82) is 0 Å². The molecule has 2 N–H and O–H groups in total. The third-order valence-electron chi connectivity index (χ3n) is 5.40. The van der Waals surface area contributed by atoms with Crippen LogP contribution < -0.4 is 5.73 Å². The third kappa shape index (κ3) is 2.57. The molecule has 2 rings (SSSR count). The molecule has 1 saturated carbocycles. The molecule has 0 aromatic carbocycles. The number of hydrogen-bond acceptors (Lipinski definition) is 3. The van der Waals surface area contributed by atoms with Gasteiger partial charge >= 0.3 is 0 Å². The van der Waals surface area contributed by atoms with Gasteiger partial charge in [0.1, 0.15) is 0 Å². The van der Waals surface area contributed by atoms with E-state index in [2.05, 4.69) is 39.5 Å². The van der Waals surface area contributed by atoms with Crippen molar-refractivity contribution in [3.63, 3.8) is 0 Å². The van der Waals surface area contributed by atoms with Gasteiger partial charge in [-0.05, 0) is 59.4 Å². The van der Waals surface area contributed by atoms with Gasteiger partial charge in [0, 0.05) is 13.1 Å². The number of hydrogen-bond donors (Lipinski definition) is 1. The van der Waals surface area contributed by atoms with E-state index in [0.29, 0.717) is 6.54 Å². The summed E-state index contributed by atoms with van der Waals surface area (Å²) in [5, 5.41) is 0. The van der Waals surface area contributed by atoms with Crippen LogP contribution in [0.1, 0.15) is 60.3 Å². The van der Waals surface area contributed by atoms with E-state index in [1.165, 1.54) is 25.8 Å². The third-order valence-corrected chi connectivity index (χ3v) is 5.40. The van der Waals surface area contributed by atoms with Gasteiger partial charge in [0.25, 0.3) is 0 Å². The normalized spacial score (nSPS) is 33.6. The Morgan fingerprint density at radius 1 is 1.21 bits per heavy atom. The van der Waals surface area contributed by atoms with Crippen molar-refractivity contribution in [2.75, 3.05) is 19.6 Å². The Hall–Kier alpha value is -0.120. The molecule has 3 heteroatoms. The van der Waals surface area contributed by atoms with Gasteiger partial charge in [-0.3, -0.25) is 4.90 Å². The van der Waals surface area contributed by atoms with Crippen molar-refractivity contribution >= 4 is 0 Å². The summed E-state index contributed by atoms with van der Waals surface area (Å²) >= 11 is 0. The Kier molecular flexibility index (Phi) is 4.03. The van der Waals surface area contributed by atoms with E-state index in [0.717, 1.165) is 18.9 Å². The van der Waals surface area contributed by atoms with Gasteiger partial charge in [0.2, 0.25) is 0 Å². The second kappa shape index (κ2) is 5.01. The van der Waals surface area contributed by atoms with Gasteiger partial charge in [-0.2, -0.15) is 0 Å². The number of rotatable bonds is 5. The first-order valence-corrected chi connectivity index (χ1v) is 7.92. The molecule has 1 unspecified atom stereocenters. The van der Waals surface area contributed by atoms with E-state index in [1.807, 2.05) is 0 Å². The van der Waals surface area contributed by atoms with Crippen LogP contribution in [0.2, 0.25) is 0 Å². The fourth-order valence-electron chi connectivity index (χ4n) is 4.27. The molecule has 1 aliphatic heterocycles. The van der Waals surface area contributed by atoms with Crippen LogP contribution in [0.5, 0.6) is 0 Å².